The summed E-state index contributed by atoms with van der Waals surface area (Å²) in [5, 5.41) is 6.63. The van der Waals surface area contributed by atoms with Gasteiger partial charge in [-0.1, -0.05) is 36.4 Å². The van der Waals surface area contributed by atoms with Crippen LogP contribution in [0.1, 0.15) is 12.5 Å². The molecule has 0 saturated carbocycles. The molecule has 0 aliphatic carbocycles. The zero-order chi connectivity index (χ0) is 20.6. The van der Waals surface area contributed by atoms with Gasteiger partial charge in [-0.3, -0.25) is 19.9 Å². The van der Waals surface area contributed by atoms with Crippen molar-refractivity contribution in [3.63, 3.8) is 0 Å². The van der Waals surface area contributed by atoms with Crippen LogP contribution < -0.4 is 10.7 Å². The number of nitrogens with one attached hydrogen (secondary N) is 2. The Balaban J connectivity index is 1.48. The van der Waals surface area contributed by atoms with Crippen molar-refractivity contribution in [1.29, 1.82) is 0 Å². The quantitative estimate of drug-likeness (QED) is 0.751. The summed E-state index contributed by atoms with van der Waals surface area (Å²) in [4.78, 5) is 41.2. The molecule has 1 atom stereocenters. The van der Waals surface area contributed by atoms with E-state index in [1.807, 2.05) is 54.5 Å². The van der Waals surface area contributed by atoms with E-state index >= 15 is 0 Å². The van der Waals surface area contributed by atoms with Gasteiger partial charge in [0, 0.05) is 26.2 Å². The molecule has 29 heavy (non-hydrogen) atoms. The summed E-state index contributed by atoms with van der Waals surface area (Å²) in [6.45, 7) is 4.48. The maximum absolute atomic E-state index is 13.1. The lowest BCUT2D eigenvalue weighted by molar-refractivity contribution is -0.136. The highest BCUT2D eigenvalue weighted by molar-refractivity contribution is 6.09. The fourth-order valence-corrected chi connectivity index (χ4v) is 3.81. The molecule has 152 valence electrons. The van der Waals surface area contributed by atoms with Crippen molar-refractivity contribution in [3.05, 3.63) is 48.0 Å². The van der Waals surface area contributed by atoms with Crippen LogP contribution in [-0.2, 0) is 15.1 Å². The van der Waals surface area contributed by atoms with Gasteiger partial charge in [-0.25, -0.2) is 9.80 Å². The Bertz CT molecular complexity index is 970. The number of imide groups is 1. The second kappa shape index (κ2) is 7.46. The molecule has 0 spiro atoms. The molecule has 0 radical (unpaired) electrons. The van der Waals surface area contributed by atoms with Crippen LogP contribution in [0, 0.1) is 0 Å². The summed E-state index contributed by atoms with van der Waals surface area (Å²) in [6, 6.07) is 13.0. The number of carbonyl (C=O) groups excluding carboxylic acids is 3. The molecule has 8 nitrogen and oxygen atoms in total. The van der Waals surface area contributed by atoms with Crippen LogP contribution in [0.2, 0.25) is 0 Å². The molecule has 4 rings (SSSR count). The van der Waals surface area contributed by atoms with Gasteiger partial charge in [-0.05, 0) is 36.4 Å². The van der Waals surface area contributed by atoms with Gasteiger partial charge in [0.05, 0.1) is 0 Å². The van der Waals surface area contributed by atoms with Crippen molar-refractivity contribution in [3.8, 4) is 0 Å². The summed E-state index contributed by atoms with van der Waals surface area (Å²) in [7, 11) is 2.03. The van der Waals surface area contributed by atoms with Gasteiger partial charge in [0.25, 0.3) is 11.8 Å². The van der Waals surface area contributed by atoms with E-state index in [2.05, 4.69) is 15.6 Å². The summed E-state index contributed by atoms with van der Waals surface area (Å²) in [6.07, 6.45) is 0. The highest BCUT2D eigenvalue weighted by Gasteiger charge is 2.49. The molecule has 8 heteroatoms. The number of hydrazine groups is 1. The number of hydrogen-bond acceptors (Lipinski definition) is 5. The lowest BCUT2D eigenvalue weighted by atomic mass is 9.90. The van der Waals surface area contributed by atoms with Crippen LogP contribution in [0.4, 0.5) is 4.79 Å². The van der Waals surface area contributed by atoms with Crippen LogP contribution in [-0.4, -0.2) is 72.4 Å². The van der Waals surface area contributed by atoms with Gasteiger partial charge in [0.2, 0.25) is 0 Å². The molecule has 0 aromatic heterocycles. The molecule has 2 aromatic rings. The standard InChI is InChI=1S/C21H25N5O3/c1-21(17-8-7-15-5-3-4-6-16(15)13-17)19(28)26(20(29)22-21)14-18(27)23-25-11-9-24(2)10-12-25/h3-8,13H,9-12,14H2,1-2H3,(H,22,29)(H,23,27)/t21-/m0/s1. The third-order valence-corrected chi connectivity index (χ3v) is 5.69. The summed E-state index contributed by atoms with van der Waals surface area (Å²) >= 11 is 0. The molecular weight excluding hydrogens is 370 g/mol. The third-order valence-electron chi connectivity index (χ3n) is 5.69. The average Bonchev–Trinajstić information content (AvgIpc) is 2.93. The number of carbonyl (C=O) groups is 3. The van der Waals surface area contributed by atoms with E-state index in [0.717, 1.165) is 28.8 Å². The van der Waals surface area contributed by atoms with E-state index in [0.29, 0.717) is 18.7 Å². The van der Waals surface area contributed by atoms with Crippen LogP contribution in [0.25, 0.3) is 10.8 Å². The smallest absolute Gasteiger partial charge is 0.319 e. The van der Waals surface area contributed by atoms with E-state index in [9.17, 15) is 14.4 Å². The largest absolute Gasteiger partial charge is 0.325 e. The summed E-state index contributed by atoms with van der Waals surface area (Å²) in [5.41, 5.74) is 2.28. The van der Waals surface area contributed by atoms with Crippen molar-refractivity contribution in [2.75, 3.05) is 39.8 Å². The van der Waals surface area contributed by atoms with Gasteiger partial charge < -0.3 is 10.2 Å². The molecule has 0 unspecified atom stereocenters. The molecule has 2 aromatic carbocycles. The molecule has 2 N–H and O–H groups in total. The van der Waals surface area contributed by atoms with E-state index < -0.39 is 17.5 Å². The number of likely N-dealkylation sites (N-methyl/N-ethyl adjacent to an activating group) is 1. The third kappa shape index (κ3) is 3.68. The minimum atomic E-state index is -1.20. The van der Waals surface area contributed by atoms with Crippen LogP contribution in [0.5, 0.6) is 0 Å². The highest BCUT2D eigenvalue weighted by atomic mass is 16.2. The zero-order valence-corrected chi connectivity index (χ0v) is 16.6. The summed E-state index contributed by atoms with van der Waals surface area (Å²) in [5.74, 6) is -0.799. The molecule has 2 heterocycles. The number of fused-ring (bicyclic) bond motifs is 1. The van der Waals surface area contributed by atoms with Gasteiger partial charge in [0.15, 0.2) is 0 Å². The Morgan fingerprint density at radius 1 is 1.07 bits per heavy atom. The number of urea groups is 1. The second-order valence-electron chi connectivity index (χ2n) is 7.83. The van der Waals surface area contributed by atoms with Gasteiger partial charge in [-0.2, -0.15) is 0 Å². The van der Waals surface area contributed by atoms with Crippen LogP contribution in [0.3, 0.4) is 0 Å². The van der Waals surface area contributed by atoms with Crippen molar-refractivity contribution < 1.29 is 14.4 Å². The predicted octanol–water partition coefficient (Wildman–Crippen LogP) is 0.885. The monoisotopic (exact) mass is 395 g/mol. The van der Waals surface area contributed by atoms with Crippen molar-refractivity contribution in [2.45, 2.75) is 12.5 Å². The van der Waals surface area contributed by atoms with Gasteiger partial charge in [-0.15, -0.1) is 0 Å². The number of rotatable bonds is 4. The van der Waals surface area contributed by atoms with E-state index in [1.165, 1.54) is 0 Å². The van der Waals surface area contributed by atoms with E-state index in [-0.39, 0.29) is 12.5 Å². The zero-order valence-electron chi connectivity index (χ0n) is 16.6. The second-order valence-corrected chi connectivity index (χ2v) is 7.83. The molecule has 0 bridgehead atoms. The fraction of sp³-hybridized carbons (Fsp3) is 0.381. The maximum Gasteiger partial charge on any atom is 0.325 e. The molecular formula is C21H25N5O3. The minimum absolute atomic E-state index is 0.305. The first-order valence-electron chi connectivity index (χ1n) is 9.73. The Hall–Kier alpha value is -2.97. The van der Waals surface area contributed by atoms with Crippen molar-refractivity contribution in [2.24, 2.45) is 0 Å². The lowest BCUT2D eigenvalue weighted by Crippen LogP contribution is -2.54. The lowest BCUT2D eigenvalue weighted by Gasteiger charge is -2.32. The molecule has 2 aliphatic rings. The van der Waals surface area contributed by atoms with Crippen molar-refractivity contribution >= 4 is 28.6 Å². The Morgan fingerprint density at radius 2 is 1.76 bits per heavy atom. The first-order chi connectivity index (χ1) is 13.9. The predicted molar refractivity (Wildman–Crippen MR) is 109 cm³/mol. The van der Waals surface area contributed by atoms with Crippen molar-refractivity contribution in [1.82, 2.24) is 25.6 Å². The van der Waals surface area contributed by atoms with Gasteiger partial charge in [0.1, 0.15) is 12.1 Å². The summed E-state index contributed by atoms with van der Waals surface area (Å²) < 4.78 is 0. The maximum atomic E-state index is 13.1. The number of piperazine rings is 1. The highest BCUT2D eigenvalue weighted by Crippen LogP contribution is 2.30. The molecule has 2 aliphatic heterocycles. The van der Waals surface area contributed by atoms with Gasteiger partial charge >= 0.3 is 6.03 Å². The Labute approximate surface area is 169 Å². The number of benzene rings is 2. The average molecular weight is 395 g/mol. The number of hydrogen-bond donors (Lipinski definition) is 2. The fourth-order valence-electron chi connectivity index (χ4n) is 3.81. The van der Waals surface area contributed by atoms with Crippen LogP contribution >= 0.6 is 0 Å². The minimum Gasteiger partial charge on any atom is -0.319 e. The first kappa shape index (κ1) is 19.4. The van der Waals surface area contributed by atoms with E-state index in [1.54, 1.807) is 6.92 Å². The van der Waals surface area contributed by atoms with E-state index in [4.69, 9.17) is 0 Å². The molecule has 2 saturated heterocycles. The molecule has 2 fully saturated rings. The Morgan fingerprint density at radius 3 is 2.48 bits per heavy atom. The molecule has 4 amide bonds. The normalized spacial score (nSPS) is 23.4. The Kier molecular flexibility index (Phi) is 4.97. The first-order valence-corrected chi connectivity index (χ1v) is 9.73. The number of nitrogens with zero attached hydrogens (tertiary/aromatic N) is 3. The SMILES string of the molecule is CN1CCN(NC(=O)CN2C(=O)N[C@@](C)(c3ccc4ccccc4c3)C2=O)CC1. The topological polar surface area (TPSA) is 85.0 Å². The van der Waals surface area contributed by atoms with Crippen LogP contribution in [0.15, 0.2) is 42.5 Å². The number of amides is 4.